The lowest BCUT2D eigenvalue weighted by Crippen LogP contribution is -2.26. The van der Waals surface area contributed by atoms with E-state index in [1.807, 2.05) is 26.0 Å². The van der Waals surface area contributed by atoms with Crippen LogP contribution < -0.4 is 4.74 Å². The largest absolute Gasteiger partial charge is 0.490 e. The molecule has 0 amide bonds. The summed E-state index contributed by atoms with van der Waals surface area (Å²) in [5.74, 6) is 0.919. The van der Waals surface area contributed by atoms with Crippen LogP contribution in [-0.4, -0.2) is 25.6 Å². The van der Waals surface area contributed by atoms with Gasteiger partial charge in [0.25, 0.3) is 0 Å². The van der Waals surface area contributed by atoms with E-state index in [9.17, 15) is 4.79 Å². The normalized spacial score (nSPS) is 16.8. The summed E-state index contributed by atoms with van der Waals surface area (Å²) in [6.07, 6.45) is 2.99. The maximum Gasteiger partial charge on any atom is 0.150 e. The van der Waals surface area contributed by atoms with Gasteiger partial charge in [0.15, 0.2) is 0 Å². The van der Waals surface area contributed by atoms with Crippen molar-refractivity contribution < 1.29 is 14.3 Å². The van der Waals surface area contributed by atoms with Crippen LogP contribution in [0.4, 0.5) is 0 Å². The number of aldehydes is 1. The summed E-state index contributed by atoms with van der Waals surface area (Å²) in [5.41, 5.74) is 2.76. The summed E-state index contributed by atoms with van der Waals surface area (Å²) in [4.78, 5) is 10.8. The summed E-state index contributed by atoms with van der Waals surface area (Å²) >= 11 is 0. The fourth-order valence-electron chi connectivity index (χ4n) is 2.20. The van der Waals surface area contributed by atoms with Gasteiger partial charge in [-0.2, -0.15) is 0 Å². The van der Waals surface area contributed by atoms with Crippen LogP contribution >= 0.6 is 0 Å². The third-order valence-corrected chi connectivity index (χ3v) is 3.07. The fraction of sp³-hybridized carbons (Fsp3) is 0.500. The first-order chi connectivity index (χ1) is 8.20. The van der Waals surface area contributed by atoms with Crippen molar-refractivity contribution in [1.82, 2.24) is 0 Å². The first-order valence-corrected chi connectivity index (χ1v) is 6.01. The van der Waals surface area contributed by atoms with Crippen molar-refractivity contribution in [3.8, 4) is 5.75 Å². The van der Waals surface area contributed by atoms with E-state index in [0.29, 0.717) is 5.56 Å². The van der Waals surface area contributed by atoms with Gasteiger partial charge in [-0.25, -0.2) is 0 Å². The minimum absolute atomic E-state index is 0.239. The van der Waals surface area contributed by atoms with E-state index in [0.717, 1.165) is 49.2 Å². The molecule has 0 unspecified atom stereocenters. The molecule has 1 saturated heterocycles. The highest BCUT2D eigenvalue weighted by molar-refractivity contribution is 5.76. The van der Waals surface area contributed by atoms with Crippen LogP contribution in [0.2, 0.25) is 0 Å². The van der Waals surface area contributed by atoms with Crippen molar-refractivity contribution in [3.05, 3.63) is 28.8 Å². The molecule has 0 bridgehead atoms. The fourth-order valence-corrected chi connectivity index (χ4v) is 2.20. The molecular formula is C14H18O3. The number of carbonyl (C=O) groups is 1. The lowest BCUT2D eigenvalue weighted by Gasteiger charge is -2.25. The molecule has 0 aliphatic carbocycles. The lowest BCUT2D eigenvalue weighted by molar-refractivity contribution is 0.0250. The van der Waals surface area contributed by atoms with Crippen molar-refractivity contribution in [3.63, 3.8) is 0 Å². The molecular weight excluding hydrogens is 216 g/mol. The van der Waals surface area contributed by atoms with Gasteiger partial charge < -0.3 is 9.47 Å². The molecule has 1 aromatic rings. The Kier molecular flexibility index (Phi) is 3.79. The number of aryl methyl sites for hydroxylation is 2. The number of hydrogen-bond acceptors (Lipinski definition) is 3. The van der Waals surface area contributed by atoms with Crippen molar-refractivity contribution in [2.24, 2.45) is 0 Å². The Morgan fingerprint density at radius 3 is 2.35 bits per heavy atom. The summed E-state index contributed by atoms with van der Waals surface area (Å²) in [6, 6.07) is 3.74. The number of hydrogen-bond donors (Lipinski definition) is 0. The minimum atomic E-state index is 0.239. The van der Waals surface area contributed by atoms with E-state index in [-0.39, 0.29) is 6.10 Å². The molecule has 1 aliphatic rings. The van der Waals surface area contributed by atoms with Gasteiger partial charge in [-0.05, 0) is 37.1 Å². The molecule has 3 heteroatoms. The molecule has 0 radical (unpaired) electrons. The topological polar surface area (TPSA) is 35.5 Å². The Morgan fingerprint density at radius 2 is 1.82 bits per heavy atom. The number of benzene rings is 1. The van der Waals surface area contributed by atoms with Crippen LogP contribution in [-0.2, 0) is 4.74 Å². The zero-order valence-electron chi connectivity index (χ0n) is 10.4. The maximum absolute atomic E-state index is 10.8. The van der Waals surface area contributed by atoms with Crippen molar-refractivity contribution in [1.29, 1.82) is 0 Å². The second kappa shape index (κ2) is 5.32. The molecule has 92 valence electrons. The van der Waals surface area contributed by atoms with E-state index in [2.05, 4.69) is 0 Å². The molecule has 1 fully saturated rings. The Hall–Kier alpha value is -1.35. The lowest BCUT2D eigenvalue weighted by atomic mass is 10.1. The second-order valence-electron chi connectivity index (χ2n) is 4.53. The van der Waals surface area contributed by atoms with Gasteiger partial charge in [0.2, 0.25) is 0 Å². The highest BCUT2D eigenvalue weighted by atomic mass is 16.5. The van der Waals surface area contributed by atoms with Gasteiger partial charge in [0, 0.05) is 18.4 Å². The van der Waals surface area contributed by atoms with E-state index in [1.165, 1.54) is 0 Å². The minimum Gasteiger partial charge on any atom is -0.490 e. The molecule has 1 aliphatic heterocycles. The first-order valence-electron chi connectivity index (χ1n) is 6.01. The summed E-state index contributed by atoms with van der Waals surface area (Å²) in [5, 5.41) is 0. The Morgan fingerprint density at radius 1 is 1.24 bits per heavy atom. The molecule has 1 aromatic carbocycles. The van der Waals surface area contributed by atoms with Crippen LogP contribution in [0.15, 0.2) is 12.1 Å². The molecule has 17 heavy (non-hydrogen) atoms. The van der Waals surface area contributed by atoms with E-state index >= 15 is 0 Å². The molecule has 1 heterocycles. The van der Waals surface area contributed by atoms with E-state index in [4.69, 9.17) is 9.47 Å². The monoisotopic (exact) mass is 234 g/mol. The zero-order valence-corrected chi connectivity index (χ0v) is 10.4. The Labute approximate surface area is 102 Å². The van der Waals surface area contributed by atoms with Crippen molar-refractivity contribution >= 4 is 6.29 Å². The first kappa shape index (κ1) is 12.1. The summed E-state index contributed by atoms with van der Waals surface area (Å²) in [6.45, 7) is 5.51. The van der Waals surface area contributed by atoms with Crippen molar-refractivity contribution in [2.45, 2.75) is 32.8 Å². The summed E-state index contributed by atoms with van der Waals surface area (Å²) < 4.78 is 11.3. The van der Waals surface area contributed by atoms with Crippen LogP contribution in [0.1, 0.15) is 34.3 Å². The smallest absolute Gasteiger partial charge is 0.150 e. The molecule has 3 nitrogen and oxygen atoms in total. The van der Waals surface area contributed by atoms with Crippen LogP contribution in [0.25, 0.3) is 0 Å². The maximum atomic E-state index is 10.8. The van der Waals surface area contributed by atoms with Gasteiger partial charge in [-0.15, -0.1) is 0 Å². The van der Waals surface area contributed by atoms with Crippen LogP contribution in [0.3, 0.4) is 0 Å². The van der Waals surface area contributed by atoms with Gasteiger partial charge >= 0.3 is 0 Å². The number of carbonyl (C=O) groups excluding carboxylic acids is 1. The van der Waals surface area contributed by atoms with E-state index in [1.54, 1.807) is 0 Å². The quantitative estimate of drug-likeness (QED) is 0.754. The van der Waals surface area contributed by atoms with Gasteiger partial charge in [0.1, 0.15) is 18.1 Å². The highest BCUT2D eigenvalue weighted by Gasteiger charge is 2.17. The predicted octanol–water partition coefficient (Wildman–Crippen LogP) is 2.67. The number of rotatable bonds is 3. The van der Waals surface area contributed by atoms with Gasteiger partial charge in [-0.1, -0.05) is 0 Å². The Bertz CT molecular complexity index is 383. The van der Waals surface area contributed by atoms with Gasteiger partial charge in [0.05, 0.1) is 13.2 Å². The average molecular weight is 234 g/mol. The molecule has 0 atom stereocenters. The standard InChI is InChI=1S/C14H18O3/c1-10-7-12(9-15)8-11(2)14(10)17-13-3-5-16-6-4-13/h7-9,13H,3-6H2,1-2H3. The van der Waals surface area contributed by atoms with Crippen LogP contribution in [0, 0.1) is 13.8 Å². The SMILES string of the molecule is Cc1cc(C=O)cc(C)c1OC1CCOCC1. The molecule has 0 spiro atoms. The zero-order chi connectivity index (χ0) is 12.3. The van der Waals surface area contributed by atoms with E-state index < -0.39 is 0 Å². The molecule has 0 saturated carbocycles. The second-order valence-corrected chi connectivity index (χ2v) is 4.53. The molecule has 0 N–H and O–H groups in total. The van der Waals surface area contributed by atoms with Crippen LogP contribution in [0.5, 0.6) is 5.75 Å². The molecule has 0 aromatic heterocycles. The predicted molar refractivity (Wildman–Crippen MR) is 65.8 cm³/mol. The Balaban J connectivity index is 2.17. The number of ether oxygens (including phenoxy) is 2. The van der Waals surface area contributed by atoms with Crippen molar-refractivity contribution in [2.75, 3.05) is 13.2 Å². The average Bonchev–Trinajstić information content (AvgIpc) is 2.35. The summed E-state index contributed by atoms with van der Waals surface area (Å²) in [7, 11) is 0. The highest BCUT2D eigenvalue weighted by Crippen LogP contribution is 2.27. The van der Waals surface area contributed by atoms with Gasteiger partial charge in [-0.3, -0.25) is 4.79 Å². The third kappa shape index (κ3) is 2.86. The molecule has 2 rings (SSSR count). The third-order valence-electron chi connectivity index (χ3n) is 3.07.